The Hall–Kier alpha value is -0.860. The number of aryl methyl sites for hydroxylation is 1. The van der Waals surface area contributed by atoms with Gasteiger partial charge in [0.2, 0.25) is 0 Å². The van der Waals surface area contributed by atoms with Gasteiger partial charge in [0.15, 0.2) is 0 Å². The van der Waals surface area contributed by atoms with E-state index in [9.17, 15) is 5.11 Å². The monoisotopic (exact) mass is 249 g/mol. The standard InChI is InChI=1S/C16H27NO/c1-3-16(18,4-2)14-17-13-9-8-12-15-10-6-5-7-11-15/h5-7,10-11,17-18H,3-4,8-9,12-14H2,1-2H3. The predicted octanol–water partition coefficient (Wildman–Crippen LogP) is 3.15. The van der Waals surface area contributed by atoms with Crippen LogP contribution < -0.4 is 5.32 Å². The highest BCUT2D eigenvalue weighted by molar-refractivity contribution is 5.14. The van der Waals surface area contributed by atoms with Crippen molar-refractivity contribution in [2.45, 2.75) is 51.6 Å². The second kappa shape index (κ2) is 8.28. The van der Waals surface area contributed by atoms with Gasteiger partial charge in [-0.2, -0.15) is 0 Å². The zero-order valence-electron chi connectivity index (χ0n) is 11.8. The van der Waals surface area contributed by atoms with Gasteiger partial charge >= 0.3 is 0 Å². The lowest BCUT2D eigenvalue weighted by atomic mass is 9.97. The van der Waals surface area contributed by atoms with Crippen LogP contribution in [0, 0.1) is 0 Å². The Morgan fingerprint density at radius 2 is 1.72 bits per heavy atom. The van der Waals surface area contributed by atoms with E-state index in [-0.39, 0.29) is 0 Å². The molecule has 2 N–H and O–H groups in total. The van der Waals surface area contributed by atoms with E-state index in [4.69, 9.17) is 0 Å². The van der Waals surface area contributed by atoms with Crippen LogP contribution in [0.3, 0.4) is 0 Å². The van der Waals surface area contributed by atoms with Crippen molar-refractivity contribution in [2.75, 3.05) is 13.1 Å². The summed E-state index contributed by atoms with van der Waals surface area (Å²) in [5.41, 5.74) is 0.899. The zero-order chi connectivity index (χ0) is 13.3. The fourth-order valence-corrected chi connectivity index (χ4v) is 2.04. The zero-order valence-corrected chi connectivity index (χ0v) is 11.8. The van der Waals surface area contributed by atoms with Gasteiger partial charge in [0, 0.05) is 6.54 Å². The fourth-order valence-electron chi connectivity index (χ4n) is 2.04. The number of aliphatic hydroxyl groups is 1. The first-order valence-corrected chi connectivity index (χ1v) is 7.17. The van der Waals surface area contributed by atoms with Crippen LogP contribution >= 0.6 is 0 Å². The molecule has 0 saturated carbocycles. The summed E-state index contributed by atoms with van der Waals surface area (Å²) in [5.74, 6) is 0. The molecule has 2 nitrogen and oxygen atoms in total. The van der Waals surface area contributed by atoms with E-state index in [2.05, 4.69) is 35.6 Å². The summed E-state index contributed by atoms with van der Waals surface area (Å²) in [6.07, 6.45) is 5.15. The number of rotatable bonds is 9. The molecule has 102 valence electrons. The smallest absolute Gasteiger partial charge is 0.0766 e. The maximum absolute atomic E-state index is 10.1. The van der Waals surface area contributed by atoms with Gasteiger partial charge in [-0.3, -0.25) is 0 Å². The van der Waals surface area contributed by atoms with Crippen molar-refractivity contribution in [3.8, 4) is 0 Å². The highest BCUT2D eigenvalue weighted by Crippen LogP contribution is 2.12. The van der Waals surface area contributed by atoms with Crippen LogP contribution in [0.15, 0.2) is 30.3 Å². The van der Waals surface area contributed by atoms with Crippen LogP contribution in [0.1, 0.15) is 45.1 Å². The maximum atomic E-state index is 10.1. The highest BCUT2D eigenvalue weighted by Gasteiger charge is 2.20. The molecule has 0 saturated heterocycles. The predicted molar refractivity (Wildman–Crippen MR) is 77.8 cm³/mol. The molecule has 0 aliphatic heterocycles. The normalized spacial score (nSPS) is 11.7. The van der Waals surface area contributed by atoms with E-state index in [1.54, 1.807) is 0 Å². The Bertz CT molecular complexity index is 306. The summed E-state index contributed by atoms with van der Waals surface area (Å²) in [4.78, 5) is 0. The van der Waals surface area contributed by atoms with E-state index in [0.29, 0.717) is 6.54 Å². The third kappa shape index (κ3) is 5.65. The lowest BCUT2D eigenvalue weighted by Gasteiger charge is -2.25. The first-order chi connectivity index (χ1) is 8.70. The molecule has 0 spiro atoms. The lowest BCUT2D eigenvalue weighted by molar-refractivity contribution is 0.0327. The van der Waals surface area contributed by atoms with Crippen LogP contribution in [0.2, 0.25) is 0 Å². The minimum Gasteiger partial charge on any atom is -0.389 e. The molecule has 18 heavy (non-hydrogen) atoms. The summed E-state index contributed by atoms with van der Waals surface area (Å²) in [5, 5.41) is 13.5. The van der Waals surface area contributed by atoms with Gasteiger partial charge in [0.05, 0.1) is 5.60 Å². The molecule has 2 heteroatoms. The highest BCUT2D eigenvalue weighted by atomic mass is 16.3. The quantitative estimate of drug-likeness (QED) is 0.659. The average Bonchev–Trinajstić information content (AvgIpc) is 2.43. The van der Waals surface area contributed by atoms with Crippen molar-refractivity contribution in [3.05, 3.63) is 35.9 Å². The van der Waals surface area contributed by atoms with Crippen molar-refractivity contribution >= 4 is 0 Å². The SMILES string of the molecule is CCC(O)(CC)CNCCCCc1ccccc1. The first-order valence-electron chi connectivity index (χ1n) is 7.17. The van der Waals surface area contributed by atoms with E-state index in [0.717, 1.165) is 25.8 Å². The topological polar surface area (TPSA) is 32.3 Å². The fraction of sp³-hybridized carbons (Fsp3) is 0.625. The van der Waals surface area contributed by atoms with Crippen molar-refractivity contribution in [1.29, 1.82) is 0 Å². The van der Waals surface area contributed by atoms with Gasteiger partial charge < -0.3 is 10.4 Å². The third-order valence-electron chi connectivity index (χ3n) is 3.68. The van der Waals surface area contributed by atoms with Crippen molar-refractivity contribution in [3.63, 3.8) is 0 Å². The van der Waals surface area contributed by atoms with E-state index in [1.807, 2.05) is 13.8 Å². The average molecular weight is 249 g/mol. The summed E-state index contributed by atoms with van der Waals surface area (Å²) < 4.78 is 0. The molecular weight excluding hydrogens is 222 g/mol. The van der Waals surface area contributed by atoms with Crippen LogP contribution in [0.4, 0.5) is 0 Å². The number of hydrogen-bond acceptors (Lipinski definition) is 2. The Balaban J connectivity index is 2.06. The summed E-state index contributed by atoms with van der Waals surface area (Å²) >= 11 is 0. The molecule has 0 aromatic heterocycles. The van der Waals surface area contributed by atoms with Gasteiger partial charge in [0.25, 0.3) is 0 Å². The van der Waals surface area contributed by atoms with E-state index >= 15 is 0 Å². The Kier molecular flexibility index (Phi) is 6.99. The van der Waals surface area contributed by atoms with Crippen molar-refractivity contribution < 1.29 is 5.11 Å². The largest absolute Gasteiger partial charge is 0.389 e. The number of unbranched alkanes of at least 4 members (excludes halogenated alkanes) is 1. The molecular formula is C16H27NO. The van der Waals surface area contributed by atoms with E-state index in [1.165, 1.54) is 18.4 Å². The van der Waals surface area contributed by atoms with Crippen molar-refractivity contribution in [1.82, 2.24) is 5.32 Å². The maximum Gasteiger partial charge on any atom is 0.0766 e. The van der Waals surface area contributed by atoms with Gasteiger partial charge in [-0.15, -0.1) is 0 Å². The molecule has 1 rings (SSSR count). The van der Waals surface area contributed by atoms with Crippen molar-refractivity contribution in [2.24, 2.45) is 0 Å². The summed E-state index contributed by atoms with van der Waals surface area (Å²) in [6.45, 7) is 5.79. The van der Waals surface area contributed by atoms with Gasteiger partial charge in [-0.25, -0.2) is 0 Å². The third-order valence-corrected chi connectivity index (χ3v) is 3.68. The minimum absolute atomic E-state index is 0.514. The Morgan fingerprint density at radius 3 is 2.33 bits per heavy atom. The molecule has 1 aromatic carbocycles. The van der Waals surface area contributed by atoms with Gasteiger partial charge in [-0.1, -0.05) is 44.2 Å². The molecule has 0 bridgehead atoms. The summed E-state index contributed by atoms with van der Waals surface area (Å²) in [7, 11) is 0. The molecule has 0 fully saturated rings. The van der Waals surface area contributed by atoms with E-state index < -0.39 is 5.60 Å². The molecule has 0 heterocycles. The molecule has 0 aliphatic carbocycles. The molecule has 0 radical (unpaired) electrons. The first kappa shape index (κ1) is 15.2. The van der Waals surface area contributed by atoms with Crippen LogP contribution in [-0.2, 0) is 6.42 Å². The number of hydrogen-bond donors (Lipinski definition) is 2. The molecule has 0 aliphatic rings. The molecule has 0 amide bonds. The number of benzene rings is 1. The number of nitrogens with one attached hydrogen (secondary N) is 1. The van der Waals surface area contributed by atoms with Crippen LogP contribution in [-0.4, -0.2) is 23.8 Å². The second-order valence-electron chi connectivity index (χ2n) is 5.05. The second-order valence-corrected chi connectivity index (χ2v) is 5.05. The Morgan fingerprint density at radius 1 is 1.06 bits per heavy atom. The summed E-state index contributed by atoms with van der Waals surface area (Å²) in [6, 6.07) is 10.6. The Labute approximate surface area is 111 Å². The van der Waals surface area contributed by atoms with Gasteiger partial charge in [-0.05, 0) is 44.2 Å². The minimum atomic E-state index is -0.514. The van der Waals surface area contributed by atoms with Crippen LogP contribution in [0.25, 0.3) is 0 Å². The molecule has 1 aromatic rings. The lowest BCUT2D eigenvalue weighted by Crippen LogP contribution is -2.39. The molecule has 0 atom stereocenters. The van der Waals surface area contributed by atoms with Crippen LogP contribution in [0.5, 0.6) is 0 Å². The van der Waals surface area contributed by atoms with Gasteiger partial charge in [0.1, 0.15) is 0 Å². The molecule has 0 unspecified atom stereocenters.